The van der Waals surface area contributed by atoms with Crippen molar-refractivity contribution < 1.29 is 4.79 Å². The summed E-state index contributed by atoms with van der Waals surface area (Å²) in [4.78, 5) is 12.3. The number of hydrogen-bond donors (Lipinski definition) is 2. The third-order valence-electron chi connectivity index (χ3n) is 3.50. The summed E-state index contributed by atoms with van der Waals surface area (Å²) in [6, 6.07) is 9.40. The van der Waals surface area contributed by atoms with Crippen LogP contribution >= 0.6 is 46.0 Å². The van der Waals surface area contributed by atoms with E-state index in [1.165, 1.54) is 34.4 Å². The maximum absolute atomic E-state index is 12.3. The van der Waals surface area contributed by atoms with Gasteiger partial charge >= 0.3 is 0 Å². The number of nitrogens with zero attached hydrogens (tertiary/aromatic N) is 3. The zero-order valence-electron chi connectivity index (χ0n) is 14.3. The molecule has 2 N–H and O–H groups in total. The van der Waals surface area contributed by atoms with Crippen LogP contribution in [0.5, 0.6) is 0 Å². The molecule has 6 nitrogen and oxygen atoms in total. The van der Waals surface area contributed by atoms with Gasteiger partial charge in [0.1, 0.15) is 11.1 Å². The van der Waals surface area contributed by atoms with E-state index in [1.54, 1.807) is 18.4 Å². The first-order valence-corrected chi connectivity index (χ1v) is 10.7. The van der Waals surface area contributed by atoms with Crippen LogP contribution in [0.2, 0.25) is 5.02 Å². The summed E-state index contributed by atoms with van der Waals surface area (Å²) in [7, 11) is 0. The summed E-state index contributed by atoms with van der Waals surface area (Å²) < 4.78 is 0.671. The standard InChI is InChI=1S/C17H14ClN5OS3/c1-9-3-4-12(7-13(9)18)20-16-22-23-17(27-16)26-10(2)14(24)21-15-11(8-19)5-6-25-15/h3-7,10H,1-2H3,(H,20,22)(H,21,24). The second-order valence-electron chi connectivity index (χ2n) is 5.49. The van der Waals surface area contributed by atoms with Crippen molar-refractivity contribution in [3.05, 3.63) is 45.8 Å². The molecule has 2 heterocycles. The van der Waals surface area contributed by atoms with E-state index in [9.17, 15) is 4.79 Å². The van der Waals surface area contributed by atoms with Gasteiger partial charge in [-0.05, 0) is 43.0 Å². The van der Waals surface area contributed by atoms with Crippen LogP contribution < -0.4 is 10.6 Å². The van der Waals surface area contributed by atoms with E-state index in [2.05, 4.69) is 26.9 Å². The second-order valence-corrected chi connectivity index (χ2v) is 9.38. The quantitative estimate of drug-likeness (QED) is 0.511. The zero-order valence-corrected chi connectivity index (χ0v) is 17.5. The maximum Gasteiger partial charge on any atom is 0.238 e. The minimum Gasteiger partial charge on any atom is -0.330 e. The highest BCUT2D eigenvalue weighted by atomic mass is 35.5. The molecular formula is C17H14ClN5OS3. The number of carbonyl (C=O) groups is 1. The molecule has 0 saturated heterocycles. The lowest BCUT2D eigenvalue weighted by molar-refractivity contribution is -0.115. The Morgan fingerprint density at radius 2 is 2.19 bits per heavy atom. The van der Waals surface area contributed by atoms with Crippen molar-refractivity contribution >= 4 is 67.8 Å². The van der Waals surface area contributed by atoms with Crippen molar-refractivity contribution in [2.75, 3.05) is 10.6 Å². The Balaban J connectivity index is 1.60. The molecule has 10 heteroatoms. The molecule has 1 unspecified atom stereocenters. The molecule has 3 aromatic rings. The van der Waals surface area contributed by atoms with Gasteiger partial charge in [-0.2, -0.15) is 5.26 Å². The molecule has 0 aliphatic heterocycles. The molecule has 0 aliphatic rings. The first-order valence-electron chi connectivity index (χ1n) is 7.78. The summed E-state index contributed by atoms with van der Waals surface area (Å²) >= 11 is 10.1. The fourth-order valence-corrected chi connectivity index (χ4v) is 4.85. The molecule has 0 aliphatic carbocycles. The summed E-state index contributed by atoms with van der Waals surface area (Å²) in [5.74, 6) is -0.186. The van der Waals surface area contributed by atoms with Crippen molar-refractivity contribution in [3.8, 4) is 6.07 Å². The van der Waals surface area contributed by atoms with Crippen LogP contribution in [-0.4, -0.2) is 21.4 Å². The van der Waals surface area contributed by atoms with Crippen molar-refractivity contribution in [2.45, 2.75) is 23.4 Å². The van der Waals surface area contributed by atoms with Gasteiger partial charge in [-0.25, -0.2) is 0 Å². The Kier molecular flexibility index (Phi) is 6.34. The smallest absolute Gasteiger partial charge is 0.238 e. The molecule has 1 aromatic carbocycles. The average Bonchev–Trinajstić information content (AvgIpc) is 3.27. The van der Waals surface area contributed by atoms with Crippen LogP contribution in [0.15, 0.2) is 34.0 Å². The summed E-state index contributed by atoms with van der Waals surface area (Å²) in [6.07, 6.45) is 0. The Hall–Kier alpha value is -2.12. The highest BCUT2D eigenvalue weighted by Gasteiger charge is 2.19. The summed E-state index contributed by atoms with van der Waals surface area (Å²) in [5, 5.41) is 26.4. The van der Waals surface area contributed by atoms with E-state index >= 15 is 0 Å². The van der Waals surface area contributed by atoms with Gasteiger partial charge in [0.05, 0.1) is 10.8 Å². The van der Waals surface area contributed by atoms with E-state index in [-0.39, 0.29) is 11.2 Å². The van der Waals surface area contributed by atoms with Gasteiger partial charge in [-0.1, -0.05) is 40.8 Å². The number of hydrogen-bond acceptors (Lipinski definition) is 8. The summed E-state index contributed by atoms with van der Waals surface area (Å²) in [5.41, 5.74) is 2.29. The number of thiophene rings is 1. The number of aromatic nitrogens is 2. The zero-order chi connectivity index (χ0) is 19.4. The molecule has 0 radical (unpaired) electrons. The largest absolute Gasteiger partial charge is 0.330 e. The Morgan fingerprint density at radius 1 is 1.37 bits per heavy atom. The molecule has 138 valence electrons. The highest BCUT2D eigenvalue weighted by molar-refractivity contribution is 8.02. The lowest BCUT2D eigenvalue weighted by atomic mass is 10.2. The number of aryl methyl sites for hydroxylation is 1. The van der Waals surface area contributed by atoms with Crippen LogP contribution in [-0.2, 0) is 4.79 Å². The fourth-order valence-electron chi connectivity index (χ4n) is 2.01. The molecule has 1 amide bonds. The molecule has 0 spiro atoms. The lowest BCUT2D eigenvalue weighted by Gasteiger charge is -2.09. The van der Waals surface area contributed by atoms with E-state index in [4.69, 9.17) is 16.9 Å². The lowest BCUT2D eigenvalue weighted by Crippen LogP contribution is -2.22. The average molecular weight is 436 g/mol. The predicted molar refractivity (Wildman–Crippen MR) is 112 cm³/mol. The van der Waals surface area contributed by atoms with E-state index in [1.807, 2.05) is 25.1 Å². The van der Waals surface area contributed by atoms with Crippen molar-refractivity contribution in [3.63, 3.8) is 0 Å². The number of nitriles is 1. The van der Waals surface area contributed by atoms with Crippen LogP contribution in [0.1, 0.15) is 18.1 Å². The van der Waals surface area contributed by atoms with Crippen LogP contribution in [0.25, 0.3) is 0 Å². The molecular weight excluding hydrogens is 422 g/mol. The Labute approximate surface area is 173 Å². The molecule has 0 fully saturated rings. The van der Waals surface area contributed by atoms with E-state index in [0.29, 0.717) is 25.1 Å². The van der Waals surface area contributed by atoms with Gasteiger partial charge in [0.15, 0.2) is 4.34 Å². The number of thioether (sulfide) groups is 1. The Morgan fingerprint density at radius 3 is 2.93 bits per heavy atom. The maximum atomic E-state index is 12.3. The van der Waals surface area contributed by atoms with Crippen LogP contribution in [0.3, 0.4) is 0 Å². The number of nitrogens with one attached hydrogen (secondary N) is 2. The van der Waals surface area contributed by atoms with Gasteiger partial charge in [0.2, 0.25) is 11.0 Å². The first kappa shape index (κ1) is 19.6. The van der Waals surface area contributed by atoms with Gasteiger partial charge in [0, 0.05) is 10.7 Å². The monoisotopic (exact) mass is 435 g/mol. The number of anilines is 3. The van der Waals surface area contributed by atoms with Crippen molar-refractivity contribution in [1.29, 1.82) is 5.26 Å². The fraction of sp³-hybridized carbons (Fsp3) is 0.176. The van der Waals surface area contributed by atoms with Gasteiger partial charge in [-0.3, -0.25) is 4.79 Å². The first-order chi connectivity index (χ1) is 13.0. The number of amides is 1. The molecule has 3 rings (SSSR count). The van der Waals surface area contributed by atoms with Gasteiger partial charge in [0.25, 0.3) is 0 Å². The Bertz CT molecular complexity index is 1010. The van der Waals surface area contributed by atoms with Crippen molar-refractivity contribution in [2.24, 2.45) is 0 Å². The third kappa shape index (κ3) is 4.99. The van der Waals surface area contributed by atoms with E-state index in [0.717, 1.165) is 11.3 Å². The van der Waals surface area contributed by atoms with Crippen molar-refractivity contribution in [1.82, 2.24) is 10.2 Å². The number of carbonyl (C=O) groups excluding carboxylic acids is 1. The number of rotatable bonds is 6. The minimum atomic E-state index is -0.381. The van der Waals surface area contributed by atoms with Gasteiger partial charge in [-0.15, -0.1) is 21.5 Å². The molecule has 2 aromatic heterocycles. The topological polar surface area (TPSA) is 90.7 Å². The molecule has 0 saturated carbocycles. The van der Waals surface area contributed by atoms with Crippen LogP contribution in [0.4, 0.5) is 15.8 Å². The van der Waals surface area contributed by atoms with Gasteiger partial charge < -0.3 is 10.6 Å². The van der Waals surface area contributed by atoms with Crippen LogP contribution in [0, 0.1) is 18.3 Å². The second kappa shape index (κ2) is 8.71. The highest BCUT2D eigenvalue weighted by Crippen LogP contribution is 2.32. The summed E-state index contributed by atoms with van der Waals surface area (Å²) in [6.45, 7) is 3.72. The SMILES string of the molecule is Cc1ccc(Nc2nnc(SC(C)C(=O)Nc3sccc3C#N)s2)cc1Cl. The minimum absolute atomic E-state index is 0.186. The molecule has 27 heavy (non-hydrogen) atoms. The van der Waals surface area contributed by atoms with E-state index < -0.39 is 0 Å². The number of halogens is 1. The predicted octanol–water partition coefficient (Wildman–Crippen LogP) is 5.30. The molecule has 1 atom stereocenters. The number of benzene rings is 1. The third-order valence-corrected chi connectivity index (χ3v) is 6.76. The molecule has 0 bridgehead atoms. The normalized spacial score (nSPS) is 11.6.